The van der Waals surface area contributed by atoms with Gasteiger partial charge in [0.2, 0.25) is 11.8 Å². The van der Waals surface area contributed by atoms with Crippen LogP contribution in [0.25, 0.3) is 11.0 Å². The zero-order chi connectivity index (χ0) is 12.7. The van der Waals surface area contributed by atoms with Gasteiger partial charge in [-0.25, -0.2) is 4.98 Å². The molecular weight excluding hydrogens is 230 g/mol. The number of rotatable bonds is 2. The van der Waals surface area contributed by atoms with Gasteiger partial charge in [-0.3, -0.25) is 0 Å². The van der Waals surface area contributed by atoms with Crippen molar-refractivity contribution in [2.24, 2.45) is 0 Å². The molecule has 0 bridgehead atoms. The topological polar surface area (TPSA) is 82.8 Å². The van der Waals surface area contributed by atoms with E-state index in [-0.39, 0.29) is 0 Å². The van der Waals surface area contributed by atoms with Gasteiger partial charge in [0.25, 0.3) is 0 Å². The molecule has 0 radical (unpaired) electrons. The van der Waals surface area contributed by atoms with E-state index in [2.05, 4.69) is 15.1 Å². The Kier molecular flexibility index (Phi) is 2.29. The van der Waals surface area contributed by atoms with Gasteiger partial charge in [0.1, 0.15) is 6.54 Å². The molecule has 1 aromatic carbocycles. The summed E-state index contributed by atoms with van der Waals surface area (Å²) in [5, 5.41) is 3.76. The Morgan fingerprint density at radius 2 is 2.11 bits per heavy atom. The minimum atomic E-state index is 0.437. The zero-order valence-electron chi connectivity index (χ0n) is 10.2. The summed E-state index contributed by atoms with van der Waals surface area (Å²) in [7, 11) is 0. The summed E-state index contributed by atoms with van der Waals surface area (Å²) < 4.78 is 6.98. The molecule has 0 saturated carbocycles. The number of aromatic nitrogens is 4. The van der Waals surface area contributed by atoms with Crippen LogP contribution in [0.15, 0.2) is 22.7 Å². The highest BCUT2D eigenvalue weighted by molar-refractivity contribution is 5.81. The van der Waals surface area contributed by atoms with Gasteiger partial charge in [-0.05, 0) is 25.5 Å². The minimum Gasteiger partial charge on any atom is -0.369 e. The van der Waals surface area contributed by atoms with Gasteiger partial charge < -0.3 is 14.8 Å². The van der Waals surface area contributed by atoms with E-state index in [1.807, 2.05) is 29.7 Å². The monoisotopic (exact) mass is 243 g/mol. The molecule has 3 aromatic rings. The molecule has 0 aliphatic heterocycles. The maximum atomic E-state index is 5.94. The van der Waals surface area contributed by atoms with Crippen LogP contribution in [-0.2, 0) is 6.54 Å². The maximum absolute atomic E-state index is 5.94. The molecule has 0 unspecified atom stereocenters. The largest absolute Gasteiger partial charge is 0.369 e. The van der Waals surface area contributed by atoms with Crippen molar-refractivity contribution in [1.82, 2.24) is 19.7 Å². The highest BCUT2D eigenvalue weighted by Gasteiger charge is 2.12. The van der Waals surface area contributed by atoms with Crippen molar-refractivity contribution in [1.29, 1.82) is 0 Å². The van der Waals surface area contributed by atoms with Crippen LogP contribution < -0.4 is 5.73 Å². The number of nitrogens with zero attached hydrogens (tertiary/aromatic N) is 4. The molecule has 2 aromatic heterocycles. The lowest BCUT2D eigenvalue weighted by molar-refractivity contribution is 0.369. The summed E-state index contributed by atoms with van der Waals surface area (Å²) in [5.74, 6) is 1.60. The highest BCUT2D eigenvalue weighted by atomic mass is 16.5. The van der Waals surface area contributed by atoms with Gasteiger partial charge in [-0.15, -0.1) is 0 Å². The van der Waals surface area contributed by atoms with E-state index in [0.717, 1.165) is 16.6 Å². The summed E-state index contributed by atoms with van der Waals surface area (Å²) >= 11 is 0. The average molecular weight is 243 g/mol. The molecule has 92 valence electrons. The van der Waals surface area contributed by atoms with Gasteiger partial charge in [0, 0.05) is 0 Å². The number of nitrogens with two attached hydrogens (primary N) is 1. The van der Waals surface area contributed by atoms with E-state index in [1.54, 1.807) is 6.92 Å². The third kappa shape index (κ3) is 1.62. The molecule has 0 spiro atoms. The lowest BCUT2D eigenvalue weighted by atomic mass is 10.2. The fraction of sp³-hybridized carbons (Fsp3) is 0.250. The van der Waals surface area contributed by atoms with Crippen LogP contribution in [0, 0.1) is 13.8 Å². The first-order valence-electron chi connectivity index (χ1n) is 5.65. The van der Waals surface area contributed by atoms with Gasteiger partial charge in [0.05, 0.1) is 11.0 Å². The Bertz CT molecular complexity index is 712. The van der Waals surface area contributed by atoms with Gasteiger partial charge in [-0.2, -0.15) is 4.98 Å². The minimum absolute atomic E-state index is 0.437. The lowest BCUT2D eigenvalue weighted by Gasteiger charge is -2.02. The highest BCUT2D eigenvalue weighted by Crippen LogP contribution is 2.21. The smallest absolute Gasteiger partial charge is 0.246 e. The zero-order valence-corrected chi connectivity index (χ0v) is 10.2. The fourth-order valence-corrected chi connectivity index (χ4v) is 2.01. The van der Waals surface area contributed by atoms with Crippen molar-refractivity contribution < 1.29 is 4.52 Å². The predicted octanol–water partition coefficient (Wildman–Crippen LogP) is 1.67. The summed E-state index contributed by atoms with van der Waals surface area (Å²) in [5.41, 5.74) is 8.92. The average Bonchev–Trinajstić information content (AvgIpc) is 2.87. The Morgan fingerprint density at radius 1 is 1.28 bits per heavy atom. The molecule has 0 amide bonds. The van der Waals surface area contributed by atoms with Crippen molar-refractivity contribution in [3.8, 4) is 0 Å². The molecule has 2 heterocycles. The van der Waals surface area contributed by atoms with E-state index in [9.17, 15) is 0 Å². The molecule has 18 heavy (non-hydrogen) atoms. The third-order valence-electron chi connectivity index (χ3n) is 2.87. The molecule has 0 fully saturated rings. The van der Waals surface area contributed by atoms with Crippen LogP contribution in [0.1, 0.15) is 17.3 Å². The number of hydrogen-bond donors (Lipinski definition) is 1. The molecule has 0 atom stereocenters. The third-order valence-corrected chi connectivity index (χ3v) is 2.87. The maximum Gasteiger partial charge on any atom is 0.246 e. The second-order valence-corrected chi connectivity index (χ2v) is 4.23. The normalized spacial score (nSPS) is 11.2. The molecular formula is C12H13N5O. The van der Waals surface area contributed by atoms with E-state index >= 15 is 0 Å². The van der Waals surface area contributed by atoms with E-state index in [4.69, 9.17) is 10.3 Å². The number of aryl methyl sites for hydroxylation is 2. The van der Waals surface area contributed by atoms with Gasteiger partial charge in [-0.1, -0.05) is 17.3 Å². The first kappa shape index (κ1) is 10.8. The standard InChI is InChI=1S/C12H13N5O/c1-7-4-3-5-9-11(7)15-12(13)17(9)6-10-14-8(2)16-18-10/h3-5H,6H2,1-2H3,(H2,13,15). The van der Waals surface area contributed by atoms with E-state index in [0.29, 0.717) is 24.2 Å². The summed E-state index contributed by atoms with van der Waals surface area (Å²) in [6, 6.07) is 5.97. The molecule has 0 aliphatic rings. The van der Waals surface area contributed by atoms with Crippen LogP contribution in [0.3, 0.4) is 0 Å². The van der Waals surface area contributed by atoms with Crippen molar-refractivity contribution in [3.05, 3.63) is 35.5 Å². The number of hydrogen-bond acceptors (Lipinski definition) is 5. The predicted molar refractivity (Wildman–Crippen MR) is 67.0 cm³/mol. The summed E-state index contributed by atoms with van der Waals surface area (Å²) in [6.45, 7) is 4.23. The number of benzene rings is 1. The van der Waals surface area contributed by atoms with Crippen LogP contribution in [0.4, 0.5) is 5.95 Å². The molecule has 0 aliphatic carbocycles. The number of imidazole rings is 1. The van der Waals surface area contributed by atoms with Crippen LogP contribution in [0.2, 0.25) is 0 Å². The Morgan fingerprint density at radius 3 is 2.83 bits per heavy atom. The van der Waals surface area contributed by atoms with Crippen LogP contribution in [-0.4, -0.2) is 19.7 Å². The number of nitrogen functional groups attached to an aromatic ring is 1. The van der Waals surface area contributed by atoms with Gasteiger partial charge >= 0.3 is 0 Å². The molecule has 0 saturated heterocycles. The molecule has 3 rings (SSSR count). The second-order valence-electron chi connectivity index (χ2n) is 4.23. The SMILES string of the molecule is Cc1noc(Cn2c(N)nc3c(C)cccc32)n1. The first-order valence-corrected chi connectivity index (χ1v) is 5.65. The van der Waals surface area contributed by atoms with Crippen molar-refractivity contribution in [2.45, 2.75) is 20.4 Å². The quantitative estimate of drug-likeness (QED) is 0.740. The first-order chi connectivity index (χ1) is 8.65. The van der Waals surface area contributed by atoms with Crippen molar-refractivity contribution in [3.63, 3.8) is 0 Å². The van der Waals surface area contributed by atoms with E-state index < -0.39 is 0 Å². The number of para-hydroxylation sites is 1. The van der Waals surface area contributed by atoms with Crippen molar-refractivity contribution >= 4 is 17.0 Å². The lowest BCUT2D eigenvalue weighted by Crippen LogP contribution is -2.04. The fourth-order valence-electron chi connectivity index (χ4n) is 2.01. The molecule has 6 nitrogen and oxygen atoms in total. The Hall–Kier alpha value is -2.37. The summed E-state index contributed by atoms with van der Waals surface area (Å²) in [6.07, 6.45) is 0. The Labute approximate surface area is 103 Å². The van der Waals surface area contributed by atoms with Gasteiger partial charge in [0.15, 0.2) is 5.82 Å². The number of fused-ring (bicyclic) bond motifs is 1. The molecule has 6 heteroatoms. The second kappa shape index (κ2) is 3.83. The van der Waals surface area contributed by atoms with Crippen LogP contribution >= 0.6 is 0 Å². The Balaban J connectivity index is 2.11. The summed E-state index contributed by atoms with van der Waals surface area (Å²) in [4.78, 5) is 8.54. The molecule has 2 N–H and O–H groups in total. The van der Waals surface area contributed by atoms with Crippen LogP contribution in [0.5, 0.6) is 0 Å². The van der Waals surface area contributed by atoms with Crippen molar-refractivity contribution in [2.75, 3.05) is 5.73 Å². The van der Waals surface area contributed by atoms with E-state index in [1.165, 1.54) is 0 Å². The number of anilines is 1.